The first kappa shape index (κ1) is 20.0. The Labute approximate surface area is 140 Å². The molecule has 0 aromatic heterocycles. The minimum absolute atomic E-state index is 0.630. The molecule has 1 heterocycles. The summed E-state index contributed by atoms with van der Waals surface area (Å²) in [5.74, 6) is 0.863. The maximum atomic E-state index is 5.81. The van der Waals surface area contributed by atoms with Crippen LogP contribution in [-0.4, -0.2) is 12.2 Å². The summed E-state index contributed by atoms with van der Waals surface area (Å²) in [4.78, 5) is 0. The van der Waals surface area contributed by atoms with E-state index in [2.05, 4.69) is 20.8 Å². The van der Waals surface area contributed by atoms with E-state index < -0.39 is 0 Å². The normalized spacial score (nSPS) is 20.7. The van der Waals surface area contributed by atoms with Gasteiger partial charge in [0, 0.05) is 0 Å². The van der Waals surface area contributed by atoms with E-state index in [0.717, 1.165) is 5.92 Å². The standard InChI is InChI=1S/C21H42O/c1-4-5-6-7-8-9-10-11-12-13-17-20-21(22-20)18-15-14-16-19(2)3/h19-21H,4-18H2,1-3H3/t20-,21-/m1/s1. The monoisotopic (exact) mass is 310 g/mol. The van der Waals surface area contributed by atoms with Gasteiger partial charge < -0.3 is 4.74 Å². The minimum atomic E-state index is 0.630. The van der Waals surface area contributed by atoms with Crippen LogP contribution in [0.4, 0.5) is 0 Å². The van der Waals surface area contributed by atoms with Gasteiger partial charge in [-0.25, -0.2) is 0 Å². The summed E-state index contributed by atoms with van der Waals surface area (Å²) in [6.07, 6.45) is 22.4. The van der Waals surface area contributed by atoms with Crippen LogP contribution in [0.3, 0.4) is 0 Å². The Kier molecular flexibility index (Phi) is 12.2. The van der Waals surface area contributed by atoms with Gasteiger partial charge in [-0.15, -0.1) is 0 Å². The van der Waals surface area contributed by atoms with Crippen molar-refractivity contribution in [3.8, 4) is 0 Å². The van der Waals surface area contributed by atoms with E-state index in [9.17, 15) is 0 Å². The van der Waals surface area contributed by atoms with Crippen molar-refractivity contribution in [2.75, 3.05) is 0 Å². The highest BCUT2D eigenvalue weighted by atomic mass is 16.6. The van der Waals surface area contributed by atoms with Crippen molar-refractivity contribution in [1.82, 2.24) is 0 Å². The van der Waals surface area contributed by atoms with Crippen molar-refractivity contribution in [2.24, 2.45) is 5.92 Å². The predicted octanol–water partition coefficient (Wildman–Crippen LogP) is 7.28. The molecule has 0 unspecified atom stereocenters. The van der Waals surface area contributed by atoms with Crippen LogP contribution in [-0.2, 0) is 4.74 Å². The van der Waals surface area contributed by atoms with Gasteiger partial charge in [-0.05, 0) is 18.8 Å². The molecule has 0 radical (unpaired) electrons. The fourth-order valence-electron chi connectivity index (χ4n) is 3.42. The molecule has 0 spiro atoms. The molecule has 1 heteroatoms. The lowest BCUT2D eigenvalue weighted by Crippen LogP contribution is -1.95. The first-order valence-corrected chi connectivity index (χ1v) is 10.4. The van der Waals surface area contributed by atoms with E-state index in [4.69, 9.17) is 4.74 Å². The van der Waals surface area contributed by atoms with Crippen LogP contribution in [0.2, 0.25) is 0 Å². The fourth-order valence-corrected chi connectivity index (χ4v) is 3.42. The zero-order valence-electron chi connectivity index (χ0n) is 15.7. The second-order valence-corrected chi connectivity index (χ2v) is 7.86. The Hall–Kier alpha value is -0.0400. The maximum Gasteiger partial charge on any atom is 0.0841 e. The Morgan fingerprint density at radius 1 is 0.636 bits per heavy atom. The van der Waals surface area contributed by atoms with Crippen LogP contribution in [0.5, 0.6) is 0 Å². The van der Waals surface area contributed by atoms with Crippen molar-refractivity contribution in [3.63, 3.8) is 0 Å². The second kappa shape index (κ2) is 13.4. The summed E-state index contributed by atoms with van der Waals surface area (Å²) in [5, 5.41) is 0. The van der Waals surface area contributed by atoms with Crippen LogP contribution in [0.15, 0.2) is 0 Å². The number of rotatable bonds is 16. The van der Waals surface area contributed by atoms with Crippen molar-refractivity contribution in [2.45, 2.75) is 129 Å². The Bertz CT molecular complexity index is 236. The van der Waals surface area contributed by atoms with E-state index in [0.29, 0.717) is 12.2 Å². The quantitative estimate of drug-likeness (QED) is 0.215. The molecule has 1 aliphatic rings. The Morgan fingerprint density at radius 3 is 1.59 bits per heavy atom. The number of hydrogen-bond donors (Lipinski definition) is 0. The molecule has 1 aliphatic heterocycles. The molecule has 0 aromatic rings. The summed E-state index contributed by atoms with van der Waals surface area (Å²) < 4.78 is 5.81. The third kappa shape index (κ3) is 11.5. The molecule has 1 nitrogen and oxygen atoms in total. The van der Waals surface area contributed by atoms with E-state index >= 15 is 0 Å². The molecule has 0 saturated carbocycles. The van der Waals surface area contributed by atoms with Gasteiger partial charge in [-0.3, -0.25) is 0 Å². The van der Waals surface area contributed by atoms with Crippen molar-refractivity contribution >= 4 is 0 Å². The lowest BCUT2D eigenvalue weighted by atomic mass is 10.0. The largest absolute Gasteiger partial charge is 0.370 e. The molecule has 1 saturated heterocycles. The summed E-state index contributed by atoms with van der Waals surface area (Å²) in [7, 11) is 0. The third-order valence-electron chi connectivity index (χ3n) is 5.05. The molecule has 132 valence electrons. The molecule has 22 heavy (non-hydrogen) atoms. The van der Waals surface area contributed by atoms with Gasteiger partial charge in [0.15, 0.2) is 0 Å². The summed E-state index contributed by atoms with van der Waals surface area (Å²) in [5.41, 5.74) is 0. The van der Waals surface area contributed by atoms with Gasteiger partial charge in [-0.1, -0.05) is 104 Å². The number of hydrogen-bond acceptors (Lipinski definition) is 1. The van der Waals surface area contributed by atoms with Gasteiger partial charge >= 0.3 is 0 Å². The van der Waals surface area contributed by atoms with E-state index in [-0.39, 0.29) is 0 Å². The third-order valence-corrected chi connectivity index (χ3v) is 5.05. The molecular weight excluding hydrogens is 268 g/mol. The molecule has 0 N–H and O–H groups in total. The lowest BCUT2D eigenvalue weighted by molar-refractivity contribution is 0.346. The lowest BCUT2D eigenvalue weighted by Gasteiger charge is -2.03. The highest BCUT2D eigenvalue weighted by Gasteiger charge is 2.36. The molecule has 0 amide bonds. The molecule has 1 fully saturated rings. The second-order valence-electron chi connectivity index (χ2n) is 7.86. The van der Waals surface area contributed by atoms with E-state index in [1.807, 2.05) is 0 Å². The zero-order valence-corrected chi connectivity index (χ0v) is 15.7. The Balaban J connectivity index is 1.74. The van der Waals surface area contributed by atoms with Gasteiger partial charge in [0.25, 0.3) is 0 Å². The minimum Gasteiger partial charge on any atom is -0.370 e. The summed E-state index contributed by atoms with van der Waals surface area (Å²) >= 11 is 0. The topological polar surface area (TPSA) is 12.5 Å². The van der Waals surface area contributed by atoms with Gasteiger partial charge in [0.2, 0.25) is 0 Å². The van der Waals surface area contributed by atoms with Crippen LogP contribution >= 0.6 is 0 Å². The number of ether oxygens (including phenoxy) is 1. The molecule has 0 aliphatic carbocycles. The average molecular weight is 311 g/mol. The van der Waals surface area contributed by atoms with Crippen molar-refractivity contribution in [1.29, 1.82) is 0 Å². The molecule has 0 bridgehead atoms. The molecular formula is C21H42O. The summed E-state index contributed by atoms with van der Waals surface area (Å²) in [6, 6.07) is 0. The molecule has 1 rings (SSSR count). The van der Waals surface area contributed by atoms with E-state index in [1.54, 1.807) is 0 Å². The van der Waals surface area contributed by atoms with Gasteiger partial charge in [0.1, 0.15) is 0 Å². The number of unbranched alkanes of at least 4 members (excludes halogenated alkanes) is 10. The maximum absolute atomic E-state index is 5.81. The predicted molar refractivity (Wildman–Crippen MR) is 98.4 cm³/mol. The zero-order chi connectivity index (χ0) is 16.0. The highest BCUT2D eigenvalue weighted by Crippen LogP contribution is 2.31. The van der Waals surface area contributed by atoms with Crippen LogP contribution in [0.25, 0.3) is 0 Å². The average Bonchev–Trinajstić information content (AvgIpc) is 3.24. The van der Waals surface area contributed by atoms with Gasteiger partial charge in [-0.2, -0.15) is 0 Å². The van der Waals surface area contributed by atoms with Crippen molar-refractivity contribution in [3.05, 3.63) is 0 Å². The smallest absolute Gasteiger partial charge is 0.0841 e. The fraction of sp³-hybridized carbons (Fsp3) is 1.00. The number of epoxide rings is 1. The highest BCUT2D eigenvalue weighted by molar-refractivity contribution is 4.84. The van der Waals surface area contributed by atoms with Crippen LogP contribution < -0.4 is 0 Å². The van der Waals surface area contributed by atoms with Crippen LogP contribution in [0, 0.1) is 5.92 Å². The van der Waals surface area contributed by atoms with Crippen molar-refractivity contribution < 1.29 is 4.74 Å². The first-order valence-electron chi connectivity index (χ1n) is 10.4. The van der Waals surface area contributed by atoms with Gasteiger partial charge in [0.05, 0.1) is 12.2 Å². The Morgan fingerprint density at radius 2 is 1.09 bits per heavy atom. The van der Waals surface area contributed by atoms with E-state index in [1.165, 1.54) is 96.3 Å². The van der Waals surface area contributed by atoms with Crippen LogP contribution in [0.1, 0.15) is 117 Å². The SMILES string of the molecule is CCCCCCCCCCCC[C@H]1O[C@@H]1CCCCC(C)C. The molecule has 2 atom stereocenters. The summed E-state index contributed by atoms with van der Waals surface area (Å²) in [6.45, 7) is 6.93. The first-order chi connectivity index (χ1) is 10.7. The molecule has 0 aromatic carbocycles.